The largest absolute Gasteiger partial charge is 0.496 e. The molecule has 0 bridgehead atoms. The Kier molecular flexibility index (Phi) is 4.88. The molecule has 4 heteroatoms. The van der Waals surface area contributed by atoms with Gasteiger partial charge in [0.25, 0.3) is 0 Å². The predicted octanol–water partition coefficient (Wildman–Crippen LogP) is 1.57. The van der Waals surface area contributed by atoms with Crippen LogP contribution in [0.5, 0.6) is 5.75 Å². The normalized spacial score (nSPS) is 15.3. The van der Waals surface area contributed by atoms with Gasteiger partial charge in [0, 0.05) is 19.6 Å². The van der Waals surface area contributed by atoms with E-state index in [1.807, 2.05) is 18.2 Å². The second-order valence-electron chi connectivity index (χ2n) is 4.35. The number of nitrogens with one attached hydrogen (secondary N) is 2. The molecule has 0 unspecified atom stereocenters. The zero-order valence-corrected chi connectivity index (χ0v) is 10.9. The van der Waals surface area contributed by atoms with Crippen molar-refractivity contribution < 1.29 is 4.74 Å². The van der Waals surface area contributed by atoms with Crippen molar-refractivity contribution in [1.29, 1.82) is 0 Å². The molecule has 98 valence electrons. The van der Waals surface area contributed by atoms with Crippen LogP contribution in [0.1, 0.15) is 18.4 Å². The van der Waals surface area contributed by atoms with E-state index in [0.29, 0.717) is 0 Å². The molecule has 0 spiro atoms. The Bertz CT molecular complexity index is 404. The van der Waals surface area contributed by atoms with Gasteiger partial charge >= 0.3 is 0 Å². The number of rotatable bonds is 4. The first-order valence-electron chi connectivity index (χ1n) is 6.54. The molecule has 0 atom stereocenters. The number of ether oxygens (including phenoxy) is 1. The highest BCUT2D eigenvalue weighted by Crippen LogP contribution is 2.17. The first-order valence-corrected chi connectivity index (χ1v) is 6.54. The van der Waals surface area contributed by atoms with Crippen molar-refractivity contribution in [2.75, 3.05) is 26.7 Å². The Labute approximate surface area is 108 Å². The van der Waals surface area contributed by atoms with Gasteiger partial charge in [-0.1, -0.05) is 18.2 Å². The van der Waals surface area contributed by atoms with E-state index in [9.17, 15) is 0 Å². The van der Waals surface area contributed by atoms with E-state index in [0.717, 1.165) is 37.8 Å². The molecule has 0 amide bonds. The lowest BCUT2D eigenvalue weighted by Gasteiger charge is -2.11. The van der Waals surface area contributed by atoms with Gasteiger partial charge in [-0.15, -0.1) is 0 Å². The van der Waals surface area contributed by atoms with Gasteiger partial charge < -0.3 is 15.4 Å². The van der Waals surface area contributed by atoms with Crippen molar-refractivity contribution in [1.82, 2.24) is 10.6 Å². The number of benzene rings is 1. The second-order valence-corrected chi connectivity index (χ2v) is 4.35. The summed E-state index contributed by atoms with van der Waals surface area (Å²) in [5.41, 5.74) is 1.22. The van der Waals surface area contributed by atoms with Crippen molar-refractivity contribution in [2.24, 2.45) is 4.99 Å². The molecule has 2 rings (SSSR count). The number of para-hydroxylation sites is 1. The first-order chi connectivity index (χ1) is 8.90. The van der Waals surface area contributed by atoms with E-state index in [2.05, 4.69) is 21.7 Å². The Morgan fingerprint density at radius 1 is 1.33 bits per heavy atom. The van der Waals surface area contributed by atoms with Gasteiger partial charge in [-0.3, -0.25) is 4.99 Å². The molecular weight excluding hydrogens is 226 g/mol. The third kappa shape index (κ3) is 3.65. The third-order valence-corrected chi connectivity index (χ3v) is 3.03. The van der Waals surface area contributed by atoms with Crippen molar-refractivity contribution in [3.63, 3.8) is 0 Å². The maximum Gasteiger partial charge on any atom is 0.191 e. The molecule has 1 aromatic carbocycles. The van der Waals surface area contributed by atoms with E-state index < -0.39 is 0 Å². The van der Waals surface area contributed by atoms with Crippen molar-refractivity contribution >= 4 is 5.96 Å². The summed E-state index contributed by atoms with van der Waals surface area (Å²) in [6, 6.07) is 8.13. The smallest absolute Gasteiger partial charge is 0.191 e. The summed E-state index contributed by atoms with van der Waals surface area (Å²) in [5.74, 6) is 1.89. The minimum atomic E-state index is 0.867. The average Bonchev–Trinajstić information content (AvgIpc) is 2.68. The van der Waals surface area contributed by atoms with E-state index in [1.165, 1.54) is 18.4 Å². The quantitative estimate of drug-likeness (QED) is 0.849. The highest BCUT2D eigenvalue weighted by Gasteiger charge is 2.04. The lowest BCUT2D eigenvalue weighted by atomic mass is 10.1. The first kappa shape index (κ1) is 12.7. The molecule has 0 radical (unpaired) electrons. The van der Waals surface area contributed by atoms with Gasteiger partial charge in [0.2, 0.25) is 0 Å². The van der Waals surface area contributed by atoms with E-state index in [1.54, 1.807) is 7.11 Å². The molecule has 0 aliphatic carbocycles. The van der Waals surface area contributed by atoms with Gasteiger partial charge in [-0.05, 0) is 30.9 Å². The van der Waals surface area contributed by atoms with Crippen LogP contribution in [0.4, 0.5) is 0 Å². The lowest BCUT2D eigenvalue weighted by molar-refractivity contribution is 0.409. The number of hydrogen-bond acceptors (Lipinski definition) is 4. The Hall–Kier alpha value is -1.71. The molecule has 1 aliphatic heterocycles. The Balaban J connectivity index is 1.82. The highest BCUT2D eigenvalue weighted by molar-refractivity contribution is 5.79. The summed E-state index contributed by atoms with van der Waals surface area (Å²) in [4.78, 5) is 4.46. The predicted molar refractivity (Wildman–Crippen MR) is 74.2 cm³/mol. The second kappa shape index (κ2) is 6.89. The summed E-state index contributed by atoms with van der Waals surface area (Å²) in [6.45, 7) is 2.80. The van der Waals surface area contributed by atoms with Crippen LogP contribution in [-0.4, -0.2) is 32.7 Å². The van der Waals surface area contributed by atoms with Gasteiger partial charge in [0.15, 0.2) is 5.96 Å². The van der Waals surface area contributed by atoms with Gasteiger partial charge in [-0.25, -0.2) is 0 Å². The van der Waals surface area contributed by atoms with Crippen LogP contribution >= 0.6 is 0 Å². The summed E-state index contributed by atoms with van der Waals surface area (Å²) in [6.07, 6.45) is 3.30. The van der Waals surface area contributed by atoms with Crippen molar-refractivity contribution in [3.05, 3.63) is 29.8 Å². The van der Waals surface area contributed by atoms with Gasteiger partial charge in [-0.2, -0.15) is 0 Å². The SMILES string of the molecule is COc1ccccc1CCNC1=NCCCCN1. The van der Waals surface area contributed by atoms with E-state index in [-0.39, 0.29) is 0 Å². The molecule has 1 aromatic rings. The number of nitrogens with zero attached hydrogens (tertiary/aromatic N) is 1. The van der Waals surface area contributed by atoms with E-state index in [4.69, 9.17) is 4.74 Å². The maximum atomic E-state index is 5.33. The molecule has 1 aliphatic rings. The molecule has 0 saturated heterocycles. The lowest BCUT2D eigenvalue weighted by Crippen LogP contribution is -2.38. The monoisotopic (exact) mass is 247 g/mol. The molecule has 0 aromatic heterocycles. The van der Waals surface area contributed by atoms with Crippen LogP contribution in [0.3, 0.4) is 0 Å². The van der Waals surface area contributed by atoms with Gasteiger partial charge in [0.1, 0.15) is 5.75 Å². The fraction of sp³-hybridized carbons (Fsp3) is 0.500. The minimum absolute atomic E-state index is 0.867. The number of aliphatic imine (C=N–C) groups is 1. The molecule has 2 N–H and O–H groups in total. The summed E-state index contributed by atoms with van der Waals surface area (Å²) in [7, 11) is 1.71. The van der Waals surface area contributed by atoms with Crippen LogP contribution in [0.15, 0.2) is 29.3 Å². The molecule has 0 saturated carbocycles. The number of hydrogen-bond donors (Lipinski definition) is 2. The van der Waals surface area contributed by atoms with Crippen molar-refractivity contribution in [2.45, 2.75) is 19.3 Å². The van der Waals surface area contributed by atoms with Crippen LogP contribution in [0, 0.1) is 0 Å². The Morgan fingerprint density at radius 2 is 2.22 bits per heavy atom. The average molecular weight is 247 g/mol. The summed E-state index contributed by atoms with van der Waals surface area (Å²) >= 11 is 0. The molecular formula is C14H21N3O. The number of guanidine groups is 1. The molecule has 0 fully saturated rings. The molecule has 1 heterocycles. The zero-order chi connectivity index (χ0) is 12.6. The third-order valence-electron chi connectivity index (χ3n) is 3.03. The standard InChI is InChI=1S/C14H21N3O/c1-18-13-7-3-2-6-12(13)8-11-17-14-15-9-4-5-10-16-14/h2-3,6-7H,4-5,8-11H2,1H3,(H2,15,16,17). The highest BCUT2D eigenvalue weighted by atomic mass is 16.5. The van der Waals surface area contributed by atoms with Gasteiger partial charge in [0.05, 0.1) is 7.11 Å². The van der Waals surface area contributed by atoms with E-state index >= 15 is 0 Å². The van der Waals surface area contributed by atoms with Crippen LogP contribution in [-0.2, 0) is 6.42 Å². The van der Waals surface area contributed by atoms with Crippen LogP contribution in [0.25, 0.3) is 0 Å². The number of methoxy groups -OCH3 is 1. The molecule has 18 heavy (non-hydrogen) atoms. The fourth-order valence-electron chi connectivity index (χ4n) is 2.03. The topological polar surface area (TPSA) is 45.6 Å². The maximum absolute atomic E-state index is 5.33. The fourth-order valence-corrected chi connectivity index (χ4v) is 2.03. The minimum Gasteiger partial charge on any atom is -0.496 e. The van der Waals surface area contributed by atoms with Crippen LogP contribution in [0.2, 0.25) is 0 Å². The van der Waals surface area contributed by atoms with Crippen LogP contribution < -0.4 is 15.4 Å². The Morgan fingerprint density at radius 3 is 3.11 bits per heavy atom. The summed E-state index contributed by atoms with van der Waals surface area (Å²) in [5, 5.41) is 6.65. The summed E-state index contributed by atoms with van der Waals surface area (Å²) < 4.78 is 5.33. The zero-order valence-electron chi connectivity index (χ0n) is 10.9. The van der Waals surface area contributed by atoms with Crippen molar-refractivity contribution in [3.8, 4) is 5.75 Å². The molecule has 4 nitrogen and oxygen atoms in total.